The molecule has 0 heterocycles. The Morgan fingerprint density at radius 3 is 2.92 bits per heavy atom. The molecule has 0 aromatic heterocycles. The van der Waals surface area contributed by atoms with E-state index in [0.29, 0.717) is 0 Å². The van der Waals surface area contributed by atoms with Crippen LogP contribution in [0.4, 0.5) is 0 Å². The fraction of sp³-hybridized carbons (Fsp3) is 1.00. The molecule has 0 aromatic carbocycles. The maximum Gasteiger partial charge on any atom is 0.0552 e. The van der Waals surface area contributed by atoms with Crippen LogP contribution in [0.1, 0.15) is 19.3 Å². The van der Waals surface area contributed by atoms with E-state index in [9.17, 15) is 0 Å². The van der Waals surface area contributed by atoms with Gasteiger partial charge in [-0.2, -0.15) is 11.8 Å². The molecule has 1 saturated carbocycles. The normalized spacial score (nSPS) is 16.8. The largest absolute Gasteiger partial charge is 0.384 e. The minimum absolute atomic E-state index is 0.869. The first-order chi connectivity index (χ1) is 5.93. The predicted molar refractivity (Wildman–Crippen MR) is 54.8 cm³/mol. The number of rotatable bonds is 8. The molecule has 0 saturated heterocycles. The quantitative estimate of drug-likeness (QED) is 0.585. The summed E-state index contributed by atoms with van der Waals surface area (Å²) >= 11 is 1.98. The van der Waals surface area contributed by atoms with Crippen molar-refractivity contribution in [1.82, 2.24) is 5.32 Å². The Morgan fingerprint density at radius 1 is 1.42 bits per heavy atom. The number of nitrogens with one attached hydrogen (secondary N) is 1. The van der Waals surface area contributed by atoms with Gasteiger partial charge in [-0.15, -0.1) is 0 Å². The highest BCUT2D eigenvalue weighted by Gasteiger charge is 2.19. The maximum absolute atomic E-state index is 4.96. The zero-order chi connectivity index (χ0) is 8.65. The van der Waals surface area contributed by atoms with Crippen LogP contribution in [0.3, 0.4) is 0 Å². The predicted octanol–water partition coefficient (Wildman–Crippen LogP) is 1.51. The first-order valence-corrected chi connectivity index (χ1v) is 5.89. The van der Waals surface area contributed by atoms with Crippen molar-refractivity contribution >= 4 is 11.8 Å². The third-order valence-electron chi connectivity index (χ3n) is 1.91. The fourth-order valence-corrected chi connectivity index (χ4v) is 1.85. The van der Waals surface area contributed by atoms with Gasteiger partial charge in [-0.05, 0) is 31.6 Å². The first-order valence-electron chi connectivity index (χ1n) is 4.73. The molecule has 1 rings (SSSR count). The van der Waals surface area contributed by atoms with Gasteiger partial charge < -0.3 is 10.1 Å². The lowest BCUT2D eigenvalue weighted by Gasteiger charge is -2.02. The Labute approximate surface area is 79.4 Å². The molecule has 0 spiro atoms. The molecule has 1 fully saturated rings. The summed E-state index contributed by atoms with van der Waals surface area (Å²) in [5.74, 6) is 2.41. The van der Waals surface area contributed by atoms with Crippen LogP contribution in [0.5, 0.6) is 0 Å². The lowest BCUT2D eigenvalue weighted by molar-refractivity contribution is 0.218. The molecule has 0 amide bonds. The van der Waals surface area contributed by atoms with Crippen LogP contribution < -0.4 is 5.32 Å². The van der Waals surface area contributed by atoms with E-state index in [1.807, 2.05) is 11.8 Å². The van der Waals surface area contributed by atoms with Crippen LogP contribution in [-0.2, 0) is 4.74 Å². The molecule has 12 heavy (non-hydrogen) atoms. The second-order valence-electron chi connectivity index (χ2n) is 3.19. The number of hydrogen-bond acceptors (Lipinski definition) is 3. The molecule has 0 atom stereocenters. The highest BCUT2D eigenvalue weighted by atomic mass is 32.2. The van der Waals surface area contributed by atoms with Crippen molar-refractivity contribution in [2.45, 2.75) is 25.3 Å². The van der Waals surface area contributed by atoms with Crippen LogP contribution in [0.25, 0.3) is 0 Å². The summed E-state index contributed by atoms with van der Waals surface area (Å²) in [5.41, 5.74) is 0. The van der Waals surface area contributed by atoms with Gasteiger partial charge in [-0.3, -0.25) is 0 Å². The molecular weight excluding hydrogens is 170 g/mol. The summed E-state index contributed by atoms with van der Waals surface area (Å²) in [7, 11) is 1.76. The molecule has 1 N–H and O–H groups in total. The molecule has 0 aliphatic heterocycles. The Bertz CT molecular complexity index is 107. The van der Waals surface area contributed by atoms with E-state index in [1.54, 1.807) is 7.11 Å². The van der Waals surface area contributed by atoms with Crippen LogP contribution >= 0.6 is 11.8 Å². The van der Waals surface area contributed by atoms with Gasteiger partial charge in [-0.1, -0.05) is 0 Å². The van der Waals surface area contributed by atoms with Crippen molar-refractivity contribution in [3.8, 4) is 0 Å². The zero-order valence-electron chi connectivity index (χ0n) is 7.84. The molecule has 0 radical (unpaired) electrons. The number of hydrogen-bond donors (Lipinski definition) is 1. The lowest BCUT2D eigenvalue weighted by atomic mass is 10.5. The minimum Gasteiger partial charge on any atom is -0.384 e. The molecule has 2 nitrogen and oxygen atoms in total. The summed E-state index contributed by atoms with van der Waals surface area (Å²) < 4.78 is 4.96. The standard InChI is InChI=1S/C9H19NOS/c1-11-6-8-12-7-2-5-10-9-3-4-9/h9-10H,2-8H2,1H3. The molecule has 0 bridgehead atoms. The molecule has 1 aliphatic rings. The van der Waals surface area contributed by atoms with Crippen molar-refractivity contribution in [3.05, 3.63) is 0 Å². The van der Waals surface area contributed by atoms with Gasteiger partial charge in [0.2, 0.25) is 0 Å². The van der Waals surface area contributed by atoms with E-state index in [2.05, 4.69) is 5.32 Å². The topological polar surface area (TPSA) is 21.3 Å². The van der Waals surface area contributed by atoms with Crippen LogP contribution in [-0.4, -0.2) is 37.8 Å². The monoisotopic (exact) mass is 189 g/mol. The van der Waals surface area contributed by atoms with Crippen molar-refractivity contribution < 1.29 is 4.74 Å². The first kappa shape index (κ1) is 10.4. The summed E-state index contributed by atoms with van der Waals surface area (Å²) in [6, 6.07) is 0.869. The fourth-order valence-electron chi connectivity index (χ4n) is 1.01. The molecule has 1 aliphatic carbocycles. The Hall–Kier alpha value is 0.270. The average molecular weight is 189 g/mol. The van der Waals surface area contributed by atoms with Crippen molar-refractivity contribution in [1.29, 1.82) is 0 Å². The van der Waals surface area contributed by atoms with Gasteiger partial charge in [0, 0.05) is 18.9 Å². The SMILES string of the molecule is COCCSCCCNC1CC1. The van der Waals surface area contributed by atoms with E-state index in [4.69, 9.17) is 4.74 Å². The van der Waals surface area contributed by atoms with Crippen molar-refractivity contribution in [3.63, 3.8) is 0 Å². The summed E-state index contributed by atoms with van der Waals surface area (Å²) in [4.78, 5) is 0. The van der Waals surface area contributed by atoms with Gasteiger partial charge in [0.25, 0.3) is 0 Å². The molecule has 72 valence electrons. The third-order valence-corrected chi connectivity index (χ3v) is 2.94. The Morgan fingerprint density at radius 2 is 2.25 bits per heavy atom. The second kappa shape index (κ2) is 6.75. The van der Waals surface area contributed by atoms with E-state index in [0.717, 1.165) is 18.4 Å². The van der Waals surface area contributed by atoms with E-state index >= 15 is 0 Å². The van der Waals surface area contributed by atoms with Gasteiger partial charge in [0.05, 0.1) is 6.61 Å². The van der Waals surface area contributed by atoms with Crippen LogP contribution in [0.2, 0.25) is 0 Å². The van der Waals surface area contributed by atoms with E-state index in [-0.39, 0.29) is 0 Å². The average Bonchev–Trinajstić information content (AvgIpc) is 2.87. The van der Waals surface area contributed by atoms with Gasteiger partial charge in [0.15, 0.2) is 0 Å². The highest BCUT2D eigenvalue weighted by Crippen LogP contribution is 2.18. The maximum atomic E-state index is 4.96. The van der Waals surface area contributed by atoms with Crippen LogP contribution in [0.15, 0.2) is 0 Å². The zero-order valence-corrected chi connectivity index (χ0v) is 8.66. The van der Waals surface area contributed by atoms with Crippen LogP contribution in [0, 0.1) is 0 Å². The van der Waals surface area contributed by atoms with Gasteiger partial charge >= 0.3 is 0 Å². The Kier molecular flexibility index (Phi) is 5.82. The summed E-state index contributed by atoms with van der Waals surface area (Å²) in [6.45, 7) is 2.09. The number of methoxy groups -OCH3 is 1. The minimum atomic E-state index is 0.869. The lowest BCUT2D eigenvalue weighted by Crippen LogP contribution is -2.17. The number of thioether (sulfide) groups is 1. The smallest absolute Gasteiger partial charge is 0.0552 e. The van der Waals surface area contributed by atoms with Gasteiger partial charge in [-0.25, -0.2) is 0 Å². The number of ether oxygens (including phenoxy) is 1. The van der Waals surface area contributed by atoms with E-state index in [1.165, 1.54) is 31.6 Å². The summed E-state index contributed by atoms with van der Waals surface area (Å²) in [6.07, 6.45) is 4.10. The van der Waals surface area contributed by atoms with Gasteiger partial charge in [0.1, 0.15) is 0 Å². The van der Waals surface area contributed by atoms with Crippen molar-refractivity contribution in [2.24, 2.45) is 0 Å². The molecular formula is C9H19NOS. The van der Waals surface area contributed by atoms with Crippen molar-refractivity contribution in [2.75, 3.05) is 31.8 Å². The molecule has 0 unspecified atom stereocenters. The third kappa shape index (κ3) is 5.86. The summed E-state index contributed by atoms with van der Waals surface area (Å²) in [5, 5.41) is 3.50. The molecule has 3 heteroatoms. The second-order valence-corrected chi connectivity index (χ2v) is 4.41. The van der Waals surface area contributed by atoms with E-state index < -0.39 is 0 Å². The Balaban J connectivity index is 1.65. The molecule has 0 aromatic rings. The highest BCUT2D eigenvalue weighted by molar-refractivity contribution is 7.99.